The summed E-state index contributed by atoms with van der Waals surface area (Å²) in [4.78, 5) is 2.37. The first-order valence-electron chi connectivity index (χ1n) is 7.03. The molecule has 4 heteroatoms. The van der Waals surface area contributed by atoms with Crippen LogP contribution in [0.25, 0.3) is 11.3 Å². The highest BCUT2D eigenvalue weighted by Crippen LogP contribution is 2.25. The molecule has 0 aliphatic carbocycles. The maximum Gasteiger partial charge on any atom is 0.134 e. The zero-order valence-electron chi connectivity index (χ0n) is 11.4. The molecule has 2 N–H and O–H groups in total. The van der Waals surface area contributed by atoms with Crippen LogP contribution < -0.4 is 5.73 Å². The minimum absolute atomic E-state index is 0.310. The maximum absolute atomic E-state index is 6.01. The van der Waals surface area contributed by atoms with E-state index in [0.717, 1.165) is 47.6 Å². The van der Waals surface area contributed by atoms with Gasteiger partial charge >= 0.3 is 0 Å². The second-order valence-electron chi connectivity index (χ2n) is 5.41. The molecule has 1 aliphatic heterocycles. The van der Waals surface area contributed by atoms with E-state index in [-0.39, 0.29) is 0 Å². The Morgan fingerprint density at radius 3 is 2.75 bits per heavy atom. The number of nitrogens with zero attached hydrogens (tertiary/aromatic N) is 1. The SMILES string of the molecule is NC1CCCN(Cc2ccc(-c3ccc(Br)cc3)o2)C1. The standard InChI is InChI=1S/C16H19BrN2O/c17-13-5-3-12(4-6-13)16-8-7-15(20-16)11-19-9-1-2-14(18)10-19/h3-8,14H,1-2,9-11,18H2. The van der Waals surface area contributed by atoms with Crippen LogP contribution in [-0.2, 0) is 6.54 Å². The second-order valence-corrected chi connectivity index (χ2v) is 6.33. The van der Waals surface area contributed by atoms with Crippen LogP contribution in [-0.4, -0.2) is 24.0 Å². The molecular weight excluding hydrogens is 316 g/mol. The van der Waals surface area contributed by atoms with Crippen molar-refractivity contribution < 1.29 is 4.42 Å². The summed E-state index contributed by atoms with van der Waals surface area (Å²) in [5.74, 6) is 1.94. The third-order valence-electron chi connectivity index (χ3n) is 3.71. The van der Waals surface area contributed by atoms with Crippen molar-refractivity contribution in [3.63, 3.8) is 0 Å². The van der Waals surface area contributed by atoms with Gasteiger partial charge in [0.15, 0.2) is 0 Å². The molecule has 0 amide bonds. The molecule has 1 aromatic heterocycles. The van der Waals surface area contributed by atoms with Gasteiger partial charge in [0.1, 0.15) is 11.5 Å². The van der Waals surface area contributed by atoms with Crippen molar-refractivity contribution in [1.29, 1.82) is 0 Å². The molecule has 0 radical (unpaired) electrons. The number of nitrogens with two attached hydrogens (primary N) is 1. The fourth-order valence-electron chi connectivity index (χ4n) is 2.69. The molecule has 1 saturated heterocycles. The van der Waals surface area contributed by atoms with E-state index >= 15 is 0 Å². The van der Waals surface area contributed by atoms with Crippen LogP contribution in [0.15, 0.2) is 45.3 Å². The van der Waals surface area contributed by atoms with Crippen LogP contribution in [0.4, 0.5) is 0 Å². The highest BCUT2D eigenvalue weighted by atomic mass is 79.9. The fraction of sp³-hybridized carbons (Fsp3) is 0.375. The van der Waals surface area contributed by atoms with Gasteiger partial charge in [-0.05, 0) is 43.7 Å². The van der Waals surface area contributed by atoms with E-state index in [2.05, 4.69) is 39.0 Å². The van der Waals surface area contributed by atoms with Crippen LogP contribution in [0.2, 0.25) is 0 Å². The van der Waals surface area contributed by atoms with Gasteiger partial charge in [-0.15, -0.1) is 0 Å². The summed E-state index contributed by atoms with van der Waals surface area (Å²) in [6.45, 7) is 2.93. The smallest absolute Gasteiger partial charge is 0.134 e. The average molecular weight is 335 g/mol. The van der Waals surface area contributed by atoms with Crippen LogP contribution in [0, 0.1) is 0 Å². The lowest BCUT2D eigenvalue weighted by Gasteiger charge is -2.29. The van der Waals surface area contributed by atoms with Crippen molar-refractivity contribution in [3.8, 4) is 11.3 Å². The van der Waals surface area contributed by atoms with E-state index in [9.17, 15) is 0 Å². The topological polar surface area (TPSA) is 42.4 Å². The number of rotatable bonds is 3. The summed E-state index contributed by atoms with van der Waals surface area (Å²) in [6.07, 6.45) is 2.32. The third kappa shape index (κ3) is 3.32. The van der Waals surface area contributed by atoms with Gasteiger partial charge in [0.2, 0.25) is 0 Å². The van der Waals surface area contributed by atoms with Gasteiger partial charge in [-0.25, -0.2) is 0 Å². The van der Waals surface area contributed by atoms with Gasteiger partial charge in [0.05, 0.1) is 6.54 Å². The number of piperidine rings is 1. The molecule has 0 bridgehead atoms. The van der Waals surface area contributed by atoms with Crippen LogP contribution in [0.5, 0.6) is 0 Å². The summed E-state index contributed by atoms with van der Waals surface area (Å²) in [5, 5.41) is 0. The highest BCUT2D eigenvalue weighted by Gasteiger charge is 2.17. The van der Waals surface area contributed by atoms with E-state index in [1.165, 1.54) is 6.42 Å². The maximum atomic E-state index is 6.01. The summed E-state index contributed by atoms with van der Waals surface area (Å²) < 4.78 is 7.03. The van der Waals surface area contributed by atoms with Crippen molar-refractivity contribution in [2.24, 2.45) is 5.73 Å². The van der Waals surface area contributed by atoms with E-state index in [1.54, 1.807) is 0 Å². The number of hydrogen-bond donors (Lipinski definition) is 1. The normalized spacial score (nSPS) is 20.2. The molecule has 106 valence electrons. The van der Waals surface area contributed by atoms with E-state index < -0.39 is 0 Å². The highest BCUT2D eigenvalue weighted by molar-refractivity contribution is 9.10. The van der Waals surface area contributed by atoms with Crippen LogP contribution in [0.1, 0.15) is 18.6 Å². The van der Waals surface area contributed by atoms with Crippen molar-refractivity contribution >= 4 is 15.9 Å². The summed E-state index contributed by atoms with van der Waals surface area (Å²) in [7, 11) is 0. The monoisotopic (exact) mass is 334 g/mol. The lowest BCUT2D eigenvalue weighted by atomic mass is 10.1. The molecule has 3 nitrogen and oxygen atoms in total. The average Bonchev–Trinajstić information content (AvgIpc) is 2.88. The predicted octanol–water partition coefficient (Wildman–Crippen LogP) is 3.63. The second kappa shape index (κ2) is 6.12. The number of benzene rings is 1. The third-order valence-corrected chi connectivity index (χ3v) is 4.24. The molecule has 0 saturated carbocycles. The summed E-state index contributed by atoms with van der Waals surface area (Å²) in [6, 6.07) is 12.6. The largest absolute Gasteiger partial charge is 0.460 e. The summed E-state index contributed by atoms with van der Waals surface area (Å²) >= 11 is 3.45. The Hall–Kier alpha value is -1.10. The lowest BCUT2D eigenvalue weighted by Crippen LogP contribution is -2.42. The van der Waals surface area contributed by atoms with Gasteiger partial charge in [0.25, 0.3) is 0 Å². The molecule has 1 fully saturated rings. The van der Waals surface area contributed by atoms with Gasteiger partial charge in [0, 0.05) is 22.6 Å². The Kier molecular flexibility index (Phi) is 4.24. The molecule has 2 aromatic rings. The Morgan fingerprint density at radius 2 is 2.00 bits per heavy atom. The zero-order valence-corrected chi connectivity index (χ0v) is 13.0. The molecule has 0 spiro atoms. The van der Waals surface area contributed by atoms with Gasteiger partial charge in [-0.3, -0.25) is 4.90 Å². The van der Waals surface area contributed by atoms with E-state index in [0.29, 0.717) is 6.04 Å². The molecule has 1 atom stereocenters. The minimum Gasteiger partial charge on any atom is -0.460 e. The Labute approximate surface area is 127 Å². The molecule has 1 unspecified atom stereocenters. The first-order chi connectivity index (χ1) is 9.70. The molecule has 1 aromatic carbocycles. The van der Waals surface area contributed by atoms with Gasteiger partial charge in [-0.2, -0.15) is 0 Å². The van der Waals surface area contributed by atoms with Crippen molar-refractivity contribution in [2.75, 3.05) is 13.1 Å². The van der Waals surface area contributed by atoms with Gasteiger partial charge < -0.3 is 10.2 Å². The molecular formula is C16H19BrN2O. The molecule has 3 rings (SSSR count). The lowest BCUT2D eigenvalue weighted by molar-refractivity contribution is 0.188. The minimum atomic E-state index is 0.310. The Balaban J connectivity index is 1.69. The Morgan fingerprint density at radius 1 is 1.20 bits per heavy atom. The number of furan rings is 1. The number of halogens is 1. The number of hydrogen-bond acceptors (Lipinski definition) is 3. The van der Waals surface area contributed by atoms with Crippen molar-refractivity contribution in [2.45, 2.75) is 25.4 Å². The van der Waals surface area contributed by atoms with Crippen LogP contribution >= 0.6 is 15.9 Å². The van der Waals surface area contributed by atoms with Crippen molar-refractivity contribution in [1.82, 2.24) is 4.90 Å². The predicted molar refractivity (Wildman–Crippen MR) is 84.3 cm³/mol. The van der Waals surface area contributed by atoms with Crippen molar-refractivity contribution in [3.05, 3.63) is 46.6 Å². The van der Waals surface area contributed by atoms with Gasteiger partial charge in [-0.1, -0.05) is 28.1 Å². The molecule has 2 heterocycles. The van der Waals surface area contributed by atoms with E-state index in [1.807, 2.05) is 18.2 Å². The molecule has 1 aliphatic rings. The quantitative estimate of drug-likeness (QED) is 0.931. The zero-order chi connectivity index (χ0) is 13.9. The molecule has 20 heavy (non-hydrogen) atoms. The number of likely N-dealkylation sites (tertiary alicyclic amines) is 1. The Bertz CT molecular complexity index is 564. The first-order valence-corrected chi connectivity index (χ1v) is 7.82. The fourth-order valence-corrected chi connectivity index (χ4v) is 2.95. The van der Waals surface area contributed by atoms with Crippen LogP contribution in [0.3, 0.4) is 0 Å². The van der Waals surface area contributed by atoms with E-state index in [4.69, 9.17) is 10.2 Å². The summed E-state index contributed by atoms with van der Waals surface area (Å²) in [5.41, 5.74) is 7.12. The first kappa shape index (κ1) is 13.9.